The maximum Gasteiger partial charge on any atom is 0.340 e. The first kappa shape index (κ1) is 13.4. The van der Waals surface area contributed by atoms with Crippen LogP contribution >= 0.6 is 11.8 Å². The molecule has 0 aliphatic heterocycles. The molecule has 0 amide bonds. The number of nitrogens with two attached hydrogens (primary N) is 1. The summed E-state index contributed by atoms with van der Waals surface area (Å²) >= 11 is 1.55. The monoisotopic (exact) mass is 274 g/mol. The molecule has 2 rings (SSSR count). The van der Waals surface area contributed by atoms with E-state index in [0.29, 0.717) is 17.0 Å². The summed E-state index contributed by atoms with van der Waals surface area (Å²) in [7, 11) is 1.35. The number of thioether (sulfide) groups is 1. The second-order valence-electron chi connectivity index (χ2n) is 3.83. The number of esters is 1. The van der Waals surface area contributed by atoms with Gasteiger partial charge in [0.05, 0.1) is 17.7 Å². The van der Waals surface area contributed by atoms with Crippen LogP contribution in [0.15, 0.2) is 47.6 Å². The van der Waals surface area contributed by atoms with Gasteiger partial charge >= 0.3 is 5.97 Å². The average molecular weight is 274 g/mol. The molecule has 4 nitrogen and oxygen atoms in total. The van der Waals surface area contributed by atoms with Crippen LogP contribution in [0.2, 0.25) is 0 Å². The maximum absolute atomic E-state index is 11.7. The minimum absolute atomic E-state index is 0.408. The predicted molar refractivity (Wildman–Crippen MR) is 76.0 cm³/mol. The molecule has 0 atom stereocenters. The number of aromatic nitrogens is 1. The third-order valence-electron chi connectivity index (χ3n) is 2.59. The molecule has 0 aliphatic rings. The highest BCUT2D eigenvalue weighted by molar-refractivity contribution is 7.98. The van der Waals surface area contributed by atoms with Crippen molar-refractivity contribution in [2.24, 2.45) is 0 Å². The smallest absolute Gasteiger partial charge is 0.340 e. The van der Waals surface area contributed by atoms with Crippen LogP contribution in [-0.2, 0) is 10.5 Å². The molecule has 2 N–H and O–H groups in total. The van der Waals surface area contributed by atoms with Gasteiger partial charge in [-0.05, 0) is 23.8 Å². The number of nitrogens with zero attached hydrogens (tertiary/aromatic N) is 1. The zero-order valence-electron chi connectivity index (χ0n) is 10.5. The van der Waals surface area contributed by atoms with E-state index in [1.807, 2.05) is 30.3 Å². The molecule has 0 bridgehead atoms. The standard InChI is InChI=1S/C14H14N2O2S/c1-18-14(17)13-10(5-4-6-11(13)15)9-19-12-7-2-3-8-16-12/h2-8H,9,15H2,1H3. The van der Waals surface area contributed by atoms with Crippen LogP contribution in [0.25, 0.3) is 0 Å². The van der Waals surface area contributed by atoms with E-state index in [2.05, 4.69) is 4.98 Å². The Balaban J connectivity index is 2.21. The summed E-state index contributed by atoms with van der Waals surface area (Å²) in [5.41, 5.74) is 7.57. The second kappa shape index (κ2) is 6.24. The lowest BCUT2D eigenvalue weighted by Crippen LogP contribution is -2.09. The number of anilines is 1. The molecule has 19 heavy (non-hydrogen) atoms. The first-order valence-corrected chi connectivity index (χ1v) is 6.70. The molecule has 0 unspecified atom stereocenters. The van der Waals surface area contributed by atoms with Gasteiger partial charge < -0.3 is 10.5 Å². The molecule has 98 valence electrons. The summed E-state index contributed by atoms with van der Waals surface area (Å²) in [6, 6.07) is 11.1. The molecule has 5 heteroatoms. The number of benzene rings is 1. The Labute approximate surface area is 116 Å². The van der Waals surface area contributed by atoms with Crippen molar-refractivity contribution in [3.63, 3.8) is 0 Å². The molecule has 0 fully saturated rings. The molecule has 1 aromatic carbocycles. The van der Waals surface area contributed by atoms with Gasteiger partial charge in [0, 0.05) is 17.6 Å². The van der Waals surface area contributed by atoms with E-state index in [4.69, 9.17) is 10.5 Å². The number of methoxy groups -OCH3 is 1. The third kappa shape index (κ3) is 3.26. The summed E-state index contributed by atoms with van der Waals surface area (Å²) in [6.45, 7) is 0. The van der Waals surface area contributed by atoms with Gasteiger partial charge in [0.25, 0.3) is 0 Å². The largest absolute Gasteiger partial charge is 0.465 e. The van der Waals surface area contributed by atoms with Crippen molar-refractivity contribution < 1.29 is 9.53 Å². The Bertz CT molecular complexity index is 573. The van der Waals surface area contributed by atoms with Crippen molar-refractivity contribution in [2.45, 2.75) is 10.8 Å². The highest BCUT2D eigenvalue weighted by Gasteiger charge is 2.15. The zero-order chi connectivity index (χ0) is 13.7. The van der Waals surface area contributed by atoms with Gasteiger partial charge in [-0.3, -0.25) is 0 Å². The minimum Gasteiger partial charge on any atom is -0.465 e. The number of ether oxygens (including phenoxy) is 1. The molecular weight excluding hydrogens is 260 g/mol. The highest BCUT2D eigenvalue weighted by atomic mass is 32.2. The van der Waals surface area contributed by atoms with Crippen molar-refractivity contribution in [1.29, 1.82) is 0 Å². The Morgan fingerprint density at radius 2 is 2.16 bits per heavy atom. The van der Waals surface area contributed by atoms with Gasteiger partial charge in [0.2, 0.25) is 0 Å². The number of rotatable bonds is 4. The average Bonchev–Trinajstić information content (AvgIpc) is 2.45. The van der Waals surface area contributed by atoms with Crippen LogP contribution in [0.1, 0.15) is 15.9 Å². The van der Waals surface area contributed by atoms with E-state index in [0.717, 1.165) is 10.6 Å². The van der Waals surface area contributed by atoms with E-state index >= 15 is 0 Å². The first-order chi connectivity index (χ1) is 9.22. The number of pyridine rings is 1. The fraction of sp³-hybridized carbons (Fsp3) is 0.143. The summed E-state index contributed by atoms with van der Waals surface area (Å²) < 4.78 is 4.77. The Hall–Kier alpha value is -2.01. The van der Waals surface area contributed by atoms with E-state index in [-0.39, 0.29) is 0 Å². The van der Waals surface area contributed by atoms with Crippen molar-refractivity contribution >= 4 is 23.4 Å². The Kier molecular flexibility index (Phi) is 4.41. The van der Waals surface area contributed by atoms with Crippen LogP contribution in [0.4, 0.5) is 5.69 Å². The molecule has 0 spiro atoms. The number of carbonyl (C=O) groups excluding carboxylic acids is 1. The Morgan fingerprint density at radius 1 is 1.32 bits per heavy atom. The molecule has 0 aliphatic carbocycles. The third-order valence-corrected chi connectivity index (χ3v) is 3.58. The lowest BCUT2D eigenvalue weighted by Gasteiger charge is -2.09. The van der Waals surface area contributed by atoms with Crippen molar-refractivity contribution in [3.05, 3.63) is 53.7 Å². The molecule has 1 aromatic heterocycles. The summed E-state index contributed by atoms with van der Waals surface area (Å²) in [4.78, 5) is 16.0. The minimum atomic E-state index is -0.408. The van der Waals surface area contributed by atoms with Crippen LogP contribution in [0.3, 0.4) is 0 Å². The fourth-order valence-electron chi connectivity index (χ4n) is 1.68. The van der Waals surface area contributed by atoms with Gasteiger partial charge in [0.1, 0.15) is 0 Å². The maximum atomic E-state index is 11.7. The van der Waals surface area contributed by atoms with Gasteiger partial charge in [-0.15, -0.1) is 11.8 Å². The van der Waals surface area contributed by atoms with Gasteiger partial charge in [-0.25, -0.2) is 9.78 Å². The number of nitrogen functional groups attached to an aromatic ring is 1. The summed E-state index contributed by atoms with van der Waals surface area (Å²) in [6.07, 6.45) is 1.74. The number of hydrogen-bond acceptors (Lipinski definition) is 5. The first-order valence-electron chi connectivity index (χ1n) is 5.72. The molecule has 2 aromatic rings. The van der Waals surface area contributed by atoms with Crippen molar-refractivity contribution in [3.8, 4) is 0 Å². The van der Waals surface area contributed by atoms with Crippen LogP contribution in [-0.4, -0.2) is 18.1 Å². The quantitative estimate of drug-likeness (QED) is 0.527. The van der Waals surface area contributed by atoms with Crippen LogP contribution < -0.4 is 5.73 Å². The van der Waals surface area contributed by atoms with Crippen LogP contribution in [0.5, 0.6) is 0 Å². The van der Waals surface area contributed by atoms with E-state index in [1.165, 1.54) is 7.11 Å². The number of hydrogen-bond donors (Lipinski definition) is 1. The molecule has 1 heterocycles. The molecule has 0 radical (unpaired) electrons. The topological polar surface area (TPSA) is 65.2 Å². The molecule has 0 saturated heterocycles. The van der Waals surface area contributed by atoms with Crippen molar-refractivity contribution in [2.75, 3.05) is 12.8 Å². The normalized spacial score (nSPS) is 10.2. The number of carbonyl (C=O) groups is 1. The van der Waals surface area contributed by atoms with Crippen LogP contribution in [0, 0.1) is 0 Å². The SMILES string of the molecule is COC(=O)c1c(N)cccc1CSc1ccccn1. The van der Waals surface area contributed by atoms with E-state index < -0.39 is 5.97 Å². The van der Waals surface area contributed by atoms with Crippen molar-refractivity contribution in [1.82, 2.24) is 4.98 Å². The zero-order valence-corrected chi connectivity index (χ0v) is 11.3. The summed E-state index contributed by atoms with van der Waals surface area (Å²) in [5.74, 6) is 0.210. The van der Waals surface area contributed by atoms with E-state index in [1.54, 1.807) is 24.0 Å². The fourth-order valence-corrected chi connectivity index (χ4v) is 2.53. The van der Waals surface area contributed by atoms with Gasteiger partial charge in [-0.1, -0.05) is 18.2 Å². The predicted octanol–water partition coefficient (Wildman–Crippen LogP) is 2.74. The molecular formula is C14H14N2O2S. The summed E-state index contributed by atoms with van der Waals surface area (Å²) in [5, 5.41) is 0.903. The highest BCUT2D eigenvalue weighted by Crippen LogP contribution is 2.26. The Morgan fingerprint density at radius 3 is 2.84 bits per heavy atom. The van der Waals surface area contributed by atoms with Gasteiger partial charge in [0.15, 0.2) is 0 Å². The van der Waals surface area contributed by atoms with E-state index in [9.17, 15) is 4.79 Å². The lowest BCUT2D eigenvalue weighted by atomic mass is 10.1. The van der Waals surface area contributed by atoms with Gasteiger partial charge in [-0.2, -0.15) is 0 Å². The second-order valence-corrected chi connectivity index (χ2v) is 4.83. The lowest BCUT2D eigenvalue weighted by molar-refractivity contribution is 0.0601. The molecule has 0 saturated carbocycles.